The number of benzene rings is 2. The number of nitrogens with zero attached hydrogens (tertiary/aromatic N) is 1. The first kappa shape index (κ1) is 23.3. The number of ketones is 1. The molecule has 1 aliphatic heterocycles. The highest BCUT2D eigenvalue weighted by Gasteiger charge is 2.48. The van der Waals surface area contributed by atoms with Crippen LogP contribution < -0.4 is 19.1 Å². The molecule has 0 saturated carbocycles. The number of amides is 1. The van der Waals surface area contributed by atoms with E-state index in [1.165, 1.54) is 31.4 Å². The molecule has 1 aliphatic rings. The molecule has 2 heterocycles. The van der Waals surface area contributed by atoms with Crippen molar-refractivity contribution >= 4 is 34.7 Å². The summed E-state index contributed by atoms with van der Waals surface area (Å²) < 4.78 is 21.7. The van der Waals surface area contributed by atoms with Crippen LogP contribution in [0.2, 0.25) is 5.02 Å². The minimum absolute atomic E-state index is 0.125. The monoisotopic (exact) mass is 483 g/mol. The van der Waals surface area contributed by atoms with E-state index in [0.717, 1.165) is 0 Å². The summed E-state index contributed by atoms with van der Waals surface area (Å²) in [6.07, 6.45) is 1.43. The molecule has 34 heavy (non-hydrogen) atoms. The van der Waals surface area contributed by atoms with Gasteiger partial charge in [0.2, 0.25) is 0 Å². The molecular formula is C25H22ClNO7. The second kappa shape index (κ2) is 9.52. The topological polar surface area (TPSA) is 98.4 Å². The average molecular weight is 484 g/mol. The number of halogens is 1. The minimum atomic E-state index is -1.01. The van der Waals surface area contributed by atoms with Crippen molar-refractivity contribution in [2.24, 2.45) is 0 Å². The number of Topliss-reactive ketones (excluding diaryl/α,β-unsaturated/α-hetero) is 1. The Labute approximate surface area is 200 Å². The SMILES string of the molecule is CCOc1cc(/C(O)=C2/C(=O)C(=O)N(c3ccc(OC)c(OC)c3)C2c2ccco2)ccc1Cl. The molecule has 2 aromatic carbocycles. The third kappa shape index (κ3) is 3.97. The Morgan fingerprint density at radius 1 is 1.06 bits per heavy atom. The summed E-state index contributed by atoms with van der Waals surface area (Å²) in [5, 5.41) is 11.6. The molecule has 1 N–H and O–H groups in total. The molecule has 9 heteroatoms. The van der Waals surface area contributed by atoms with Crippen LogP contribution in [0.5, 0.6) is 17.2 Å². The van der Waals surface area contributed by atoms with Gasteiger partial charge in [0.1, 0.15) is 23.3 Å². The summed E-state index contributed by atoms with van der Waals surface area (Å²) in [4.78, 5) is 27.7. The van der Waals surface area contributed by atoms with Crippen molar-refractivity contribution in [3.63, 3.8) is 0 Å². The van der Waals surface area contributed by atoms with E-state index in [-0.39, 0.29) is 16.9 Å². The van der Waals surface area contributed by atoms with E-state index in [4.69, 9.17) is 30.2 Å². The molecule has 0 spiro atoms. The molecule has 1 fully saturated rings. The highest BCUT2D eigenvalue weighted by Crippen LogP contribution is 2.44. The Hall–Kier alpha value is -3.91. The summed E-state index contributed by atoms with van der Waals surface area (Å²) in [5.74, 6) is -0.580. The molecule has 1 atom stereocenters. The lowest BCUT2D eigenvalue weighted by Crippen LogP contribution is -2.29. The van der Waals surface area contributed by atoms with Crippen molar-refractivity contribution in [2.75, 3.05) is 25.7 Å². The van der Waals surface area contributed by atoms with Gasteiger partial charge in [0.05, 0.1) is 37.7 Å². The summed E-state index contributed by atoms with van der Waals surface area (Å²) >= 11 is 6.17. The number of hydrogen-bond donors (Lipinski definition) is 1. The van der Waals surface area contributed by atoms with Gasteiger partial charge in [0, 0.05) is 17.3 Å². The van der Waals surface area contributed by atoms with Crippen LogP contribution >= 0.6 is 11.6 Å². The molecule has 1 aromatic heterocycles. The zero-order valence-corrected chi connectivity index (χ0v) is 19.5. The molecule has 1 unspecified atom stereocenters. The second-order valence-electron chi connectivity index (χ2n) is 7.30. The number of carbonyl (C=O) groups excluding carboxylic acids is 2. The summed E-state index contributed by atoms with van der Waals surface area (Å²) in [5.41, 5.74) is 0.514. The number of ether oxygens (including phenoxy) is 3. The van der Waals surface area contributed by atoms with Crippen molar-refractivity contribution < 1.29 is 33.3 Å². The maximum atomic E-state index is 13.2. The van der Waals surface area contributed by atoms with E-state index in [2.05, 4.69) is 0 Å². The fourth-order valence-corrected chi connectivity index (χ4v) is 4.03. The van der Waals surface area contributed by atoms with Gasteiger partial charge in [-0.1, -0.05) is 11.6 Å². The van der Waals surface area contributed by atoms with Crippen molar-refractivity contribution in [1.82, 2.24) is 0 Å². The summed E-state index contributed by atoms with van der Waals surface area (Å²) in [6.45, 7) is 2.16. The van der Waals surface area contributed by atoms with Gasteiger partial charge in [-0.05, 0) is 49.4 Å². The van der Waals surface area contributed by atoms with Gasteiger partial charge < -0.3 is 23.7 Å². The Morgan fingerprint density at radius 2 is 1.82 bits per heavy atom. The van der Waals surface area contributed by atoms with Crippen LogP contribution in [-0.2, 0) is 9.59 Å². The van der Waals surface area contributed by atoms with Crippen LogP contribution in [0.15, 0.2) is 64.8 Å². The van der Waals surface area contributed by atoms with E-state index in [0.29, 0.717) is 40.3 Å². The van der Waals surface area contributed by atoms with Gasteiger partial charge in [0.25, 0.3) is 11.7 Å². The average Bonchev–Trinajstić information content (AvgIpc) is 3.46. The molecule has 1 amide bonds. The molecule has 0 bridgehead atoms. The maximum Gasteiger partial charge on any atom is 0.300 e. The van der Waals surface area contributed by atoms with Gasteiger partial charge in [0.15, 0.2) is 11.5 Å². The fourth-order valence-electron chi connectivity index (χ4n) is 3.86. The first-order chi connectivity index (χ1) is 16.4. The van der Waals surface area contributed by atoms with Crippen LogP contribution in [0.4, 0.5) is 5.69 Å². The zero-order valence-electron chi connectivity index (χ0n) is 18.7. The molecule has 4 rings (SSSR count). The Morgan fingerprint density at radius 3 is 2.47 bits per heavy atom. The van der Waals surface area contributed by atoms with Gasteiger partial charge in [-0.15, -0.1) is 0 Å². The van der Waals surface area contributed by atoms with E-state index in [9.17, 15) is 14.7 Å². The number of rotatable bonds is 7. The third-order valence-electron chi connectivity index (χ3n) is 5.41. The van der Waals surface area contributed by atoms with Crippen LogP contribution in [0.1, 0.15) is 24.3 Å². The van der Waals surface area contributed by atoms with Crippen LogP contribution in [0.25, 0.3) is 5.76 Å². The first-order valence-corrected chi connectivity index (χ1v) is 10.8. The lowest BCUT2D eigenvalue weighted by Gasteiger charge is -2.24. The summed E-state index contributed by atoms with van der Waals surface area (Å²) in [6, 6.07) is 11.7. The zero-order chi connectivity index (χ0) is 24.4. The van der Waals surface area contributed by atoms with E-state index >= 15 is 0 Å². The van der Waals surface area contributed by atoms with Gasteiger partial charge in [-0.3, -0.25) is 14.5 Å². The molecule has 8 nitrogen and oxygen atoms in total. The number of hydrogen-bond acceptors (Lipinski definition) is 7. The maximum absolute atomic E-state index is 13.2. The number of aliphatic hydroxyl groups excluding tert-OH is 1. The smallest absolute Gasteiger partial charge is 0.300 e. The highest BCUT2D eigenvalue weighted by molar-refractivity contribution is 6.51. The number of furan rings is 1. The van der Waals surface area contributed by atoms with Crippen molar-refractivity contribution in [3.05, 3.63) is 76.7 Å². The predicted octanol–water partition coefficient (Wildman–Crippen LogP) is 4.98. The Kier molecular flexibility index (Phi) is 6.51. The van der Waals surface area contributed by atoms with Crippen molar-refractivity contribution in [1.29, 1.82) is 0 Å². The quantitative estimate of drug-likeness (QED) is 0.287. The van der Waals surface area contributed by atoms with Gasteiger partial charge in [-0.2, -0.15) is 0 Å². The molecule has 1 saturated heterocycles. The Balaban J connectivity index is 1.90. The second-order valence-corrected chi connectivity index (χ2v) is 7.71. The Bertz CT molecular complexity index is 1270. The normalized spacial score (nSPS) is 17.2. The number of anilines is 1. The highest BCUT2D eigenvalue weighted by atomic mass is 35.5. The number of aliphatic hydroxyl groups is 1. The van der Waals surface area contributed by atoms with E-state index < -0.39 is 17.7 Å². The largest absolute Gasteiger partial charge is 0.507 e. The molecule has 176 valence electrons. The molecule has 3 aromatic rings. The van der Waals surface area contributed by atoms with E-state index in [1.54, 1.807) is 49.4 Å². The van der Waals surface area contributed by atoms with E-state index in [1.807, 2.05) is 0 Å². The van der Waals surface area contributed by atoms with Crippen LogP contribution in [-0.4, -0.2) is 37.6 Å². The predicted molar refractivity (Wildman–Crippen MR) is 126 cm³/mol. The minimum Gasteiger partial charge on any atom is -0.507 e. The lowest BCUT2D eigenvalue weighted by atomic mass is 9.99. The molecule has 0 radical (unpaired) electrons. The fraction of sp³-hybridized carbons (Fsp3) is 0.200. The molecule has 0 aliphatic carbocycles. The van der Waals surface area contributed by atoms with Gasteiger partial charge >= 0.3 is 0 Å². The third-order valence-corrected chi connectivity index (χ3v) is 5.72. The first-order valence-electron chi connectivity index (χ1n) is 10.4. The van der Waals surface area contributed by atoms with Crippen LogP contribution in [0.3, 0.4) is 0 Å². The summed E-state index contributed by atoms with van der Waals surface area (Å²) in [7, 11) is 2.96. The number of carbonyl (C=O) groups is 2. The lowest BCUT2D eigenvalue weighted by molar-refractivity contribution is -0.132. The molecular weight excluding hydrogens is 462 g/mol. The van der Waals surface area contributed by atoms with Crippen molar-refractivity contribution in [2.45, 2.75) is 13.0 Å². The standard InChI is InChI=1S/C25H22ClNO7/c1-4-33-19-12-14(7-9-16(19)26)23(28)21-22(18-6-5-11-34-18)27(25(30)24(21)29)15-8-10-17(31-2)20(13-15)32-3/h5-13,22,28H,4H2,1-3H3/b23-21-. The van der Waals surface area contributed by atoms with Gasteiger partial charge in [-0.25, -0.2) is 0 Å². The van der Waals surface area contributed by atoms with Crippen molar-refractivity contribution in [3.8, 4) is 17.2 Å². The number of methoxy groups -OCH3 is 2. The van der Waals surface area contributed by atoms with Crippen LogP contribution in [0, 0.1) is 0 Å².